The lowest BCUT2D eigenvalue weighted by atomic mass is 10.1. The highest BCUT2D eigenvalue weighted by molar-refractivity contribution is 7.92. The molecule has 3 aliphatic rings. The Balaban J connectivity index is 1.19. The van der Waals surface area contributed by atoms with Crippen molar-refractivity contribution in [3.05, 3.63) is 52.0 Å². The predicted molar refractivity (Wildman–Crippen MR) is 143 cm³/mol. The summed E-state index contributed by atoms with van der Waals surface area (Å²) in [4.78, 5) is 17.1. The fourth-order valence-electron chi connectivity index (χ4n) is 5.02. The highest BCUT2D eigenvalue weighted by atomic mass is 35.5. The molecule has 0 radical (unpaired) electrons. The first-order valence-electron chi connectivity index (χ1n) is 12.7. The van der Waals surface area contributed by atoms with Crippen molar-refractivity contribution in [3.63, 3.8) is 0 Å². The maximum atomic E-state index is 13.6. The highest BCUT2D eigenvalue weighted by Gasteiger charge is 2.37. The van der Waals surface area contributed by atoms with Gasteiger partial charge in [-0.3, -0.25) is 9.69 Å². The topological polar surface area (TPSA) is 97.4 Å². The van der Waals surface area contributed by atoms with Crippen LogP contribution in [-0.2, 0) is 25.9 Å². The van der Waals surface area contributed by atoms with Gasteiger partial charge in [0.05, 0.1) is 14.9 Å². The van der Waals surface area contributed by atoms with E-state index in [1.54, 1.807) is 4.90 Å². The first-order valence-corrected chi connectivity index (χ1v) is 15.0. The van der Waals surface area contributed by atoms with E-state index >= 15 is 0 Å². The van der Waals surface area contributed by atoms with Crippen molar-refractivity contribution in [2.45, 2.75) is 42.2 Å². The third-order valence-electron chi connectivity index (χ3n) is 7.14. The van der Waals surface area contributed by atoms with Crippen LogP contribution in [0.3, 0.4) is 0 Å². The van der Waals surface area contributed by atoms with Crippen LogP contribution in [-0.4, -0.2) is 81.7 Å². The zero-order valence-electron chi connectivity index (χ0n) is 20.9. The molecular formula is C26H31Cl2N3O6S. The van der Waals surface area contributed by atoms with E-state index in [1.807, 2.05) is 18.2 Å². The number of ether oxygens (including phenoxy) is 3. The van der Waals surface area contributed by atoms with E-state index in [1.165, 1.54) is 18.2 Å². The Morgan fingerprint density at radius 1 is 1.03 bits per heavy atom. The molecule has 2 saturated heterocycles. The van der Waals surface area contributed by atoms with E-state index in [9.17, 15) is 13.2 Å². The van der Waals surface area contributed by atoms with E-state index in [2.05, 4.69) is 10.2 Å². The number of hydrogen-bond donors (Lipinski definition) is 1. The molecule has 206 valence electrons. The number of rotatable bonds is 8. The third-order valence-corrected chi connectivity index (χ3v) is 9.87. The van der Waals surface area contributed by atoms with Crippen LogP contribution in [0, 0.1) is 0 Å². The lowest BCUT2D eigenvalue weighted by Crippen LogP contribution is -2.51. The summed E-state index contributed by atoms with van der Waals surface area (Å²) in [6.45, 7) is 3.86. The maximum absolute atomic E-state index is 13.6. The monoisotopic (exact) mass is 583 g/mol. The van der Waals surface area contributed by atoms with Crippen LogP contribution in [0.5, 0.6) is 11.5 Å². The molecule has 0 aliphatic carbocycles. The van der Waals surface area contributed by atoms with Crippen LogP contribution >= 0.6 is 23.2 Å². The number of benzene rings is 2. The molecule has 1 amide bonds. The zero-order chi connectivity index (χ0) is 26.7. The Labute approximate surface area is 232 Å². The van der Waals surface area contributed by atoms with Crippen LogP contribution in [0.15, 0.2) is 41.3 Å². The molecule has 2 atom stereocenters. The highest BCUT2D eigenvalue weighted by Crippen LogP contribution is 2.33. The SMILES string of the molecule is O=C(COC(C1CCCCN1)S(=O)(=O)c1ccc(Cl)c(Cl)c1)N1CCN(Cc2ccc3c(c2)OCO3)CC1. The normalized spacial score (nSPS) is 20.9. The van der Waals surface area contributed by atoms with Gasteiger partial charge in [0.1, 0.15) is 6.61 Å². The lowest BCUT2D eigenvalue weighted by molar-refractivity contribution is -0.139. The molecule has 2 unspecified atom stereocenters. The Morgan fingerprint density at radius 3 is 2.55 bits per heavy atom. The van der Waals surface area contributed by atoms with E-state index in [4.69, 9.17) is 37.4 Å². The van der Waals surface area contributed by atoms with Gasteiger partial charge in [0.25, 0.3) is 0 Å². The fraction of sp³-hybridized carbons (Fsp3) is 0.500. The van der Waals surface area contributed by atoms with Gasteiger partial charge >= 0.3 is 0 Å². The third kappa shape index (κ3) is 6.21. The maximum Gasteiger partial charge on any atom is 0.248 e. The summed E-state index contributed by atoms with van der Waals surface area (Å²) in [5.41, 5.74) is -0.0935. The molecule has 5 rings (SSSR count). The van der Waals surface area contributed by atoms with Crippen molar-refractivity contribution in [3.8, 4) is 11.5 Å². The minimum absolute atomic E-state index is 0.0221. The average molecular weight is 585 g/mol. The summed E-state index contributed by atoms with van der Waals surface area (Å²) in [7, 11) is -3.94. The summed E-state index contributed by atoms with van der Waals surface area (Å²) < 4.78 is 43.8. The standard InChI is InChI=1S/C26H31Cl2N3O6S/c27-20-6-5-19(14-21(20)28)38(33,34)26(22-3-1-2-8-29-22)35-16-25(32)31-11-9-30(10-12-31)15-18-4-7-23-24(13-18)37-17-36-23/h4-7,13-14,22,26,29H,1-3,8-12,15-17H2. The van der Waals surface area contributed by atoms with Gasteiger partial charge in [0.2, 0.25) is 22.5 Å². The van der Waals surface area contributed by atoms with E-state index in [0.29, 0.717) is 39.1 Å². The first kappa shape index (κ1) is 27.5. The number of nitrogens with one attached hydrogen (secondary N) is 1. The lowest BCUT2D eigenvalue weighted by Gasteiger charge is -2.35. The molecule has 3 heterocycles. The summed E-state index contributed by atoms with van der Waals surface area (Å²) in [5.74, 6) is 1.29. The molecule has 0 saturated carbocycles. The second kappa shape index (κ2) is 12.0. The molecule has 9 nitrogen and oxygen atoms in total. The number of hydrogen-bond acceptors (Lipinski definition) is 8. The van der Waals surface area contributed by atoms with Crippen LogP contribution < -0.4 is 14.8 Å². The molecule has 0 aromatic heterocycles. The van der Waals surface area contributed by atoms with E-state index in [-0.39, 0.29) is 34.2 Å². The second-order valence-electron chi connectivity index (χ2n) is 9.70. The van der Waals surface area contributed by atoms with Crippen molar-refractivity contribution in [1.29, 1.82) is 0 Å². The molecule has 0 spiro atoms. The Hall–Kier alpha value is -2.08. The molecule has 38 heavy (non-hydrogen) atoms. The summed E-state index contributed by atoms with van der Waals surface area (Å²) >= 11 is 12.1. The van der Waals surface area contributed by atoms with Crippen LogP contribution in [0.1, 0.15) is 24.8 Å². The average Bonchev–Trinajstić information content (AvgIpc) is 3.39. The van der Waals surface area contributed by atoms with Gasteiger partial charge in [-0.2, -0.15) is 0 Å². The van der Waals surface area contributed by atoms with Crippen molar-refractivity contribution < 1.29 is 27.4 Å². The summed E-state index contributed by atoms with van der Waals surface area (Å²) in [6.07, 6.45) is 2.48. The van der Waals surface area contributed by atoms with Crippen LogP contribution in [0.2, 0.25) is 10.0 Å². The predicted octanol–water partition coefficient (Wildman–Crippen LogP) is 3.33. The molecule has 2 aromatic rings. The van der Waals surface area contributed by atoms with Gasteiger partial charge in [0, 0.05) is 38.8 Å². The zero-order valence-corrected chi connectivity index (χ0v) is 23.2. The Bertz CT molecular complexity index is 1260. The molecular weight excluding hydrogens is 553 g/mol. The van der Waals surface area contributed by atoms with E-state index < -0.39 is 21.3 Å². The smallest absolute Gasteiger partial charge is 0.248 e. The van der Waals surface area contributed by atoms with Gasteiger partial charge in [-0.1, -0.05) is 35.7 Å². The summed E-state index contributed by atoms with van der Waals surface area (Å²) in [6, 6.07) is 9.71. The van der Waals surface area contributed by atoms with Crippen molar-refractivity contribution in [2.24, 2.45) is 0 Å². The number of piperidine rings is 1. The van der Waals surface area contributed by atoms with Crippen molar-refractivity contribution >= 4 is 38.9 Å². The van der Waals surface area contributed by atoms with Gasteiger partial charge in [-0.25, -0.2) is 8.42 Å². The van der Waals surface area contributed by atoms with Crippen LogP contribution in [0.4, 0.5) is 0 Å². The van der Waals surface area contributed by atoms with Gasteiger partial charge in [-0.05, 0) is 55.3 Å². The van der Waals surface area contributed by atoms with Crippen LogP contribution in [0.25, 0.3) is 0 Å². The number of carbonyl (C=O) groups is 1. The van der Waals surface area contributed by atoms with Gasteiger partial charge < -0.3 is 24.4 Å². The number of amides is 1. The first-order chi connectivity index (χ1) is 18.3. The largest absolute Gasteiger partial charge is 0.454 e. The number of sulfone groups is 1. The second-order valence-corrected chi connectivity index (χ2v) is 12.5. The number of halogens is 2. The minimum atomic E-state index is -3.94. The molecule has 2 aromatic carbocycles. The number of carbonyl (C=O) groups excluding carboxylic acids is 1. The van der Waals surface area contributed by atoms with Gasteiger partial charge in [0.15, 0.2) is 16.9 Å². The molecule has 3 aliphatic heterocycles. The molecule has 0 bridgehead atoms. The Kier molecular flexibility index (Phi) is 8.66. The quantitative estimate of drug-likeness (QED) is 0.505. The Morgan fingerprint density at radius 2 is 1.82 bits per heavy atom. The molecule has 12 heteroatoms. The van der Waals surface area contributed by atoms with Crippen molar-refractivity contribution in [1.82, 2.24) is 15.1 Å². The minimum Gasteiger partial charge on any atom is -0.454 e. The number of nitrogens with zero attached hydrogens (tertiary/aromatic N) is 2. The van der Waals surface area contributed by atoms with Gasteiger partial charge in [-0.15, -0.1) is 0 Å². The molecule has 1 N–H and O–H groups in total. The fourth-order valence-corrected chi connectivity index (χ4v) is 7.10. The summed E-state index contributed by atoms with van der Waals surface area (Å²) in [5, 5.41) is 3.68. The number of fused-ring (bicyclic) bond motifs is 1. The number of piperazine rings is 1. The van der Waals surface area contributed by atoms with Crippen molar-refractivity contribution in [2.75, 3.05) is 46.1 Å². The molecule has 2 fully saturated rings. The van der Waals surface area contributed by atoms with E-state index in [0.717, 1.165) is 36.4 Å².